The van der Waals surface area contributed by atoms with Crippen LogP contribution < -0.4 is 5.73 Å². The molecule has 18 heavy (non-hydrogen) atoms. The number of morpholine rings is 1. The summed E-state index contributed by atoms with van der Waals surface area (Å²) < 4.78 is 5.59. The Bertz CT molecular complexity index is 397. The van der Waals surface area contributed by atoms with Crippen LogP contribution in [0.25, 0.3) is 0 Å². The third-order valence-corrected chi connectivity index (χ3v) is 3.59. The van der Waals surface area contributed by atoms with Gasteiger partial charge in [0, 0.05) is 30.2 Å². The summed E-state index contributed by atoms with van der Waals surface area (Å²) in [6.45, 7) is 6.75. The highest BCUT2D eigenvalue weighted by Crippen LogP contribution is 2.27. The Morgan fingerprint density at radius 2 is 2.28 bits per heavy atom. The fourth-order valence-electron chi connectivity index (χ4n) is 2.64. The van der Waals surface area contributed by atoms with Crippen molar-refractivity contribution in [1.82, 2.24) is 4.90 Å². The molecule has 3 unspecified atom stereocenters. The molecule has 1 saturated heterocycles. The summed E-state index contributed by atoms with van der Waals surface area (Å²) in [4.78, 5) is 2.39. The van der Waals surface area contributed by atoms with Crippen LogP contribution in [-0.2, 0) is 4.74 Å². The number of halogens is 1. The lowest BCUT2D eigenvalue weighted by molar-refractivity contribution is -0.0376. The van der Waals surface area contributed by atoms with Crippen molar-refractivity contribution in [2.75, 3.05) is 19.7 Å². The van der Waals surface area contributed by atoms with Gasteiger partial charge < -0.3 is 10.5 Å². The Labute approximate surface area is 114 Å². The molecule has 0 amide bonds. The van der Waals surface area contributed by atoms with E-state index in [0.717, 1.165) is 24.7 Å². The summed E-state index contributed by atoms with van der Waals surface area (Å²) in [5.74, 6) is 0. The van der Waals surface area contributed by atoms with Crippen molar-refractivity contribution in [2.24, 2.45) is 5.73 Å². The number of nitrogens with zero attached hydrogens (tertiary/aromatic N) is 1. The Morgan fingerprint density at radius 1 is 1.50 bits per heavy atom. The van der Waals surface area contributed by atoms with Gasteiger partial charge in [-0.2, -0.15) is 0 Å². The maximum atomic E-state index is 6.17. The molecule has 2 N–H and O–H groups in total. The quantitative estimate of drug-likeness (QED) is 0.915. The van der Waals surface area contributed by atoms with Crippen molar-refractivity contribution in [2.45, 2.75) is 32.0 Å². The molecule has 1 aromatic rings. The number of ether oxygens (including phenoxy) is 1. The molecule has 1 aromatic carbocycles. The van der Waals surface area contributed by atoms with E-state index in [9.17, 15) is 0 Å². The lowest BCUT2D eigenvalue weighted by Crippen LogP contribution is -2.47. The van der Waals surface area contributed by atoms with E-state index in [4.69, 9.17) is 22.1 Å². The first kappa shape index (κ1) is 13.8. The first-order valence-corrected chi connectivity index (χ1v) is 6.82. The molecule has 0 radical (unpaired) electrons. The van der Waals surface area contributed by atoms with E-state index in [-0.39, 0.29) is 18.2 Å². The molecule has 0 spiro atoms. The zero-order chi connectivity index (χ0) is 13.1. The van der Waals surface area contributed by atoms with Gasteiger partial charge in [-0.1, -0.05) is 23.7 Å². The Kier molecular flexibility index (Phi) is 4.62. The fourth-order valence-corrected chi connectivity index (χ4v) is 2.83. The second-order valence-corrected chi connectivity index (χ2v) is 5.47. The minimum absolute atomic E-state index is 0.0637. The van der Waals surface area contributed by atoms with Crippen LogP contribution in [0.4, 0.5) is 0 Å². The lowest BCUT2D eigenvalue weighted by Gasteiger charge is -2.39. The molecule has 4 heteroatoms. The van der Waals surface area contributed by atoms with Crippen LogP contribution >= 0.6 is 11.6 Å². The average Bonchev–Trinajstić information content (AvgIpc) is 2.28. The molecule has 1 aliphatic heterocycles. The predicted octanol–water partition coefficient (Wildman–Crippen LogP) is 2.45. The summed E-state index contributed by atoms with van der Waals surface area (Å²) in [5.41, 5.74) is 7.36. The van der Waals surface area contributed by atoms with Gasteiger partial charge in [0.15, 0.2) is 0 Å². The highest BCUT2D eigenvalue weighted by atomic mass is 35.5. The van der Waals surface area contributed by atoms with Crippen molar-refractivity contribution < 1.29 is 4.74 Å². The van der Waals surface area contributed by atoms with Gasteiger partial charge in [-0.25, -0.2) is 0 Å². The number of benzene rings is 1. The third kappa shape index (κ3) is 3.23. The van der Waals surface area contributed by atoms with Crippen molar-refractivity contribution in [1.29, 1.82) is 0 Å². The zero-order valence-electron chi connectivity index (χ0n) is 11.0. The van der Waals surface area contributed by atoms with Crippen LogP contribution in [-0.4, -0.2) is 36.7 Å². The monoisotopic (exact) mass is 268 g/mol. The highest BCUT2D eigenvalue weighted by molar-refractivity contribution is 6.30. The summed E-state index contributed by atoms with van der Waals surface area (Å²) >= 11 is 6.08. The first-order valence-electron chi connectivity index (χ1n) is 6.44. The average molecular weight is 269 g/mol. The van der Waals surface area contributed by atoms with Crippen molar-refractivity contribution in [3.8, 4) is 0 Å². The first-order chi connectivity index (χ1) is 8.58. The van der Waals surface area contributed by atoms with Gasteiger partial charge in [0.1, 0.15) is 0 Å². The molecule has 3 atom stereocenters. The number of hydrogen-bond donors (Lipinski definition) is 1. The topological polar surface area (TPSA) is 38.5 Å². The summed E-state index contributed by atoms with van der Waals surface area (Å²) in [7, 11) is 0. The molecule has 3 nitrogen and oxygen atoms in total. The van der Waals surface area contributed by atoms with E-state index in [1.807, 2.05) is 25.1 Å². The van der Waals surface area contributed by atoms with Crippen LogP contribution in [0, 0.1) is 0 Å². The minimum atomic E-state index is 0.0637. The largest absolute Gasteiger partial charge is 0.376 e. The van der Waals surface area contributed by atoms with Crippen LogP contribution in [0.2, 0.25) is 5.02 Å². The van der Waals surface area contributed by atoms with Crippen LogP contribution in [0.3, 0.4) is 0 Å². The van der Waals surface area contributed by atoms with Crippen molar-refractivity contribution >= 4 is 11.6 Å². The molecular formula is C14H21ClN2O. The molecule has 0 saturated carbocycles. The van der Waals surface area contributed by atoms with Gasteiger partial charge in [0.25, 0.3) is 0 Å². The smallest absolute Gasteiger partial charge is 0.0674 e. The molecule has 0 bridgehead atoms. The fraction of sp³-hybridized carbons (Fsp3) is 0.571. The lowest BCUT2D eigenvalue weighted by atomic mass is 9.98. The van der Waals surface area contributed by atoms with Gasteiger partial charge in [0.2, 0.25) is 0 Å². The second kappa shape index (κ2) is 6.02. The molecule has 0 aromatic heterocycles. The molecule has 1 heterocycles. The minimum Gasteiger partial charge on any atom is -0.376 e. The van der Waals surface area contributed by atoms with E-state index in [1.165, 1.54) is 5.56 Å². The predicted molar refractivity (Wildman–Crippen MR) is 74.8 cm³/mol. The molecule has 2 rings (SSSR count). The SMILES string of the molecule is CC1CN(C(c2cccc(Cl)c2)C(C)N)CCO1. The van der Waals surface area contributed by atoms with Gasteiger partial charge in [0.05, 0.1) is 12.7 Å². The van der Waals surface area contributed by atoms with Crippen LogP contribution in [0.1, 0.15) is 25.5 Å². The normalized spacial score (nSPS) is 24.8. The molecule has 0 aliphatic carbocycles. The maximum absolute atomic E-state index is 6.17. The number of hydrogen-bond acceptors (Lipinski definition) is 3. The van der Waals surface area contributed by atoms with Gasteiger partial charge in [-0.05, 0) is 31.5 Å². The van der Waals surface area contributed by atoms with Gasteiger partial charge in [-0.3, -0.25) is 4.90 Å². The standard InChI is InChI=1S/C14H21ClN2O/c1-10-9-17(6-7-18-10)14(11(2)16)12-4-3-5-13(15)8-12/h3-5,8,10-11,14H,6-7,9,16H2,1-2H3. The number of rotatable bonds is 3. The highest BCUT2D eigenvalue weighted by Gasteiger charge is 2.28. The third-order valence-electron chi connectivity index (χ3n) is 3.35. The van der Waals surface area contributed by atoms with Crippen molar-refractivity contribution in [3.05, 3.63) is 34.9 Å². The van der Waals surface area contributed by atoms with Gasteiger partial charge >= 0.3 is 0 Å². The van der Waals surface area contributed by atoms with E-state index < -0.39 is 0 Å². The Morgan fingerprint density at radius 3 is 2.89 bits per heavy atom. The van der Waals surface area contributed by atoms with Gasteiger partial charge in [-0.15, -0.1) is 0 Å². The summed E-state index contributed by atoms with van der Waals surface area (Å²) in [6, 6.07) is 8.25. The van der Waals surface area contributed by atoms with Crippen molar-refractivity contribution in [3.63, 3.8) is 0 Å². The maximum Gasteiger partial charge on any atom is 0.0674 e. The zero-order valence-corrected chi connectivity index (χ0v) is 11.7. The van der Waals surface area contributed by atoms with Crippen LogP contribution in [0.5, 0.6) is 0 Å². The van der Waals surface area contributed by atoms with E-state index >= 15 is 0 Å². The number of nitrogens with two attached hydrogens (primary N) is 1. The molecule has 1 aliphatic rings. The second-order valence-electron chi connectivity index (χ2n) is 5.04. The molecular weight excluding hydrogens is 248 g/mol. The molecule has 100 valence electrons. The Balaban J connectivity index is 2.22. The summed E-state index contributed by atoms with van der Waals surface area (Å²) in [5, 5.41) is 0.763. The van der Waals surface area contributed by atoms with Crippen LogP contribution in [0.15, 0.2) is 24.3 Å². The van der Waals surface area contributed by atoms with E-state index in [2.05, 4.69) is 17.9 Å². The summed E-state index contributed by atoms with van der Waals surface area (Å²) in [6.07, 6.45) is 0.263. The Hall–Kier alpha value is -0.610. The van der Waals surface area contributed by atoms with E-state index in [0.29, 0.717) is 0 Å². The van der Waals surface area contributed by atoms with E-state index in [1.54, 1.807) is 0 Å². The molecule has 1 fully saturated rings.